The second-order valence-corrected chi connectivity index (χ2v) is 9.06. The van der Waals surface area contributed by atoms with E-state index in [9.17, 15) is 8.42 Å². The van der Waals surface area contributed by atoms with Crippen LogP contribution < -0.4 is 14.8 Å². The smallest absolute Gasteiger partial charge is 0.229 e. The van der Waals surface area contributed by atoms with Crippen molar-refractivity contribution in [1.29, 1.82) is 0 Å². The highest BCUT2D eigenvalue weighted by Crippen LogP contribution is 2.38. The number of methoxy groups -OCH3 is 1. The Kier molecular flexibility index (Phi) is 4.44. The maximum absolute atomic E-state index is 11.6. The number of aromatic amines is 1. The molecule has 3 aromatic carbocycles. The van der Waals surface area contributed by atoms with Gasteiger partial charge in [-0.2, -0.15) is 0 Å². The van der Waals surface area contributed by atoms with Crippen LogP contribution in [0.4, 0.5) is 17.1 Å². The van der Waals surface area contributed by atoms with E-state index in [-0.39, 0.29) is 0 Å². The van der Waals surface area contributed by atoms with Gasteiger partial charge in [-0.05, 0) is 24.3 Å². The molecule has 156 valence electrons. The molecule has 0 amide bonds. The van der Waals surface area contributed by atoms with E-state index in [1.807, 2.05) is 48.5 Å². The van der Waals surface area contributed by atoms with Crippen molar-refractivity contribution in [2.24, 2.45) is 0 Å². The van der Waals surface area contributed by atoms with Crippen molar-refractivity contribution in [2.45, 2.75) is 0 Å². The Balaban J connectivity index is 1.71. The van der Waals surface area contributed by atoms with Gasteiger partial charge in [-0.1, -0.05) is 36.4 Å². The number of pyridine rings is 1. The van der Waals surface area contributed by atoms with Crippen molar-refractivity contribution in [2.75, 3.05) is 23.4 Å². The van der Waals surface area contributed by atoms with Crippen LogP contribution in [0.2, 0.25) is 0 Å². The number of ether oxygens (including phenoxy) is 1. The van der Waals surface area contributed by atoms with Gasteiger partial charge in [0.15, 0.2) is 0 Å². The van der Waals surface area contributed by atoms with Crippen molar-refractivity contribution < 1.29 is 13.2 Å². The second kappa shape index (κ2) is 7.17. The summed E-state index contributed by atoms with van der Waals surface area (Å²) in [5, 5.41) is 5.49. The summed E-state index contributed by atoms with van der Waals surface area (Å²) in [5.74, 6) is 0.513. The lowest BCUT2D eigenvalue weighted by Gasteiger charge is -2.15. The number of rotatable bonds is 5. The van der Waals surface area contributed by atoms with Crippen LogP contribution >= 0.6 is 0 Å². The molecule has 0 saturated heterocycles. The van der Waals surface area contributed by atoms with E-state index < -0.39 is 10.0 Å². The summed E-state index contributed by atoms with van der Waals surface area (Å²) in [4.78, 5) is 8.37. The normalized spacial score (nSPS) is 11.8. The van der Waals surface area contributed by atoms with Gasteiger partial charge in [0.1, 0.15) is 5.75 Å². The largest absolute Gasteiger partial charge is 0.494 e. The van der Waals surface area contributed by atoms with Gasteiger partial charge in [-0.3, -0.25) is 4.72 Å². The fraction of sp³-hybridized carbons (Fsp3) is 0.0870. The number of hydrogen-bond donors (Lipinski definition) is 3. The molecule has 8 heteroatoms. The Morgan fingerprint density at radius 2 is 1.71 bits per heavy atom. The molecule has 3 N–H and O–H groups in total. The SMILES string of the molecule is COc1cc(NS(C)(=O)=O)ccc1Nc1c2ccccc2nc2c1[nH]c1ccccc12. The Hall–Kier alpha value is -3.78. The van der Waals surface area contributed by atoms with Gasteiger partial charge in [0.25, 0.3) is 0 Å². The zero-order valence-corrected chi connectivity index (χ0v) is 17.7. The van der Waals surface area contributed by atoms with Crippen molar-refractivity contribution in [3.63, 3.8) is 0 Å². The molecule has 0 unspecified atom stereocenters. The molecule has 0 bridgehead atoms. The molecule has 0 aliphatic carbocycles. The summed E-state index contributed by atoms with van der Waals surface area (Å²) >= 11 is 0. The number of hydrogen-bond acceptors (Lipinski definition) is 5. The van der Waals surface area contributed by atoms with E-state index in [4.69, 9.17) is 9.72 Å². The van der Waals surface area contributed by atoms with Crippen LogP contribution in [0.15, 0.2) is 66.7 Å². The van der Waals surface area contributed by atoms with Gasteiger partial charge in [0.05, 0.1) is 47.0 Å². The van der Waals surface area contributed by atoms with Crippen LogP contribution in [-0.2, 0) is 10.0 Å². The molecule has 0 spiro atoms. The van der Waals surface area contributed by atoms with Crippen LogP contribution in [0, 0.1) is 0 Å². The zero-order chi connectivity index (χ0) is 21.6. The molecule has 31 heavy (non-hydrogen) atoms. The minimum absolute atomic E-state index is 0.431. The first kappa shape index (κ1) is 19.2. The summed E-state index contributed by atoms with van der Waals surface area (Å²) < 4.78 is 31.2. The Morgan fingerprint density at radius 3 is 2.48 bits per heavy atom. The molecule has 5 aromatic rings. The minimum Gasteiger partial charge on any atom is -0.494 e. The van der Waals surface area contributed by atoms with E-state index in [0.717, 1.165) is 44.8 Å². The van der Waals surface area contributed by atoms with Crippen LogP contribution in [0.5, 0.6) is 5.75 Å². The van der Waals surface area contributed by atoms with Crippen molar-refractivity contribution in [3.05, 3.63) is 66.7 Å². The topological polar surface area (TPSA) is 96.1 Å². The Labute approximate surface area is 179 Å². The van der Waals surface area contributed by atoms with Gasteiger partial charge in [0, 0.05) is 22.4 Å². The van der Waals surface area contributed by atoms with E-state index in [1.54, 1.807) is 25.3 Å². The zero-order valence-electron chi connectivity index (χ0n) is 16.9. The molecule has 0 fully saturated rings. The number of anilines is 3. The van der Waals surface area contributed by atoms with E-state index in [0.29, 0.717) is 17.1 Å². The second-order valence-electron chi connectivity index (χ2n) is 7.31. The van der Waals surface area contributed by atoms with Gasteiger partial charge in [0.2, 0.25) is 10.0 Å². The molecule has 7 nitrogen and oxygen atoms in total. The summed E-state index contributed by atoms with van der Waals surface area (Å²) in [6.45, 7) is 0. The average molecular weight is 433 g/mol. The molecule has 5 rings (SSSR count). The lowest BCUT2D eigenvalue weighted by atomic mass is 10.1. The maximum atomic E-state index is 11.6. The predicted molar refractivity (Wildman–Crippen MR) is 126 cm³/mol. The standard InChI is InChI=1S/C23H20N4O3S/c1-30-20-13-14(27-31(2,28)29)11-12-19(20)26-22-15-7-3-5-9-17(15)24-21-16-8-4-6-10-18(16)25-23(21)22/h3-13,25,27H,1-2H3,(H,24,26). The first-order chi connectivity index (χ1) is 14.9. The van der Waals surface area contributed by atoms with Crippen molar-refractivity contribution in [3.8, 4) is 5.75 Å². The molecule has 2 aromatic heterocycles. The van der Waals surface area contributed by atoms with Crippen LogP contribution in [0.1, 0.15) is 0 Å². The number of para-hydroxylation sites is 2. The average Bonchev–Trinajstić information content (AvgIpc) is 3.12. The lowest BCUT2D eigenvalue weighted by Crippen LogP contribution is -2.09. The van der Waals surface area contributed by atoms with Crippen molar-refractivity contribution in [1.82, 2.24) is 9.97 Å². The molecular weight excluding hydrogens is 412 g/mol. The highest BCUT2D eigenvalue weighted by Gasteiger charge is 2.16. The highest BCUT2D eigenvalue weighted by atomic mass is 32.2. The van der Waals surface area contributed by atoms with Gasteiger partial charge >= 0.3 is 0 Å². The number of fused-ring (bicyclic) bond motifs is 4. The Bertz CT molecular complexity index is 1560. The van der Waals surface area contributed by atoms with E-state index in [1.165, 1.54) is 0 Å². The third-order valence-corrected chi connectivity index (χ3v) is 5.71. The van der Waals surface area contributed by atoms with Crippen LogP contribution in [0.3, 0.4) is 0 Å². The molecule has 2 heterocycles. The molecule has 0 saturated carbocycles. The number of nitrogens with one attached hydrogen (secondary N) is 3. The molecule has 0 aliphatic rings. The summed E-state index contributed by atoms with van der Waals surface area (Å²) in [6.07, 6.45) is 1.11. The number of benzene rings is 3. The fourth-order valence-electron chi connectivity index (χ4n) is 3.80. The first-order valence-corrected chi connectivity index (χ1v) is 11.5. The number of nitrogens with zero attached hydrogens (tertiary/aromatic N) is 1. The minimum atomic E-state index is -3.39. The van der Waals surface area contributed by atoms with Gasteiger partial charge in [-0.15, -0.1) is 0 Å². The number of sulfonamides is 1. The summed E-state index contributed by atoms with van der Waals surface area (Å²) in [7, 11) is -1.84. The predicted octanol–water partition coefficient (Wildman–Crippen LogP) is 4.99. The third kappa shape index (κ3) is 3.51. The summed E-state index contributed by atoms with van der Waals surface area (Å²) in [6, 6.07) is 21.1. The molecule has 0 aliphatic heterocycles. The monoisotopic (exact) mass is 432 g/mol. The highest BCUT2D eigenvalue weighted by molar-refractivity contribution is 7.92. The number of aromatic nitrogens is 2. The van der Waals surface area contributed by atoms with Crippen LogP contribution in [-0.4, -0.2) is 31.8 Å². The maximum Gasteiger partial charge on any atom is 0.229 e. The van der Waals surface area contributed by atoms with Gasteiger partial charge in [-0.25, -0.2) is 13.4 Å². The van der Waals surface area contributed by atoms with E-state index >= 15 is 0 Å². The lowest BCUT2D eigenvalue weighted by molar-refractivity contribution is 0.417. The molecule has 0 atom stereocenters. The first-order valence-electron chi connectivity index (χ1n) is 9.65. The van der Waals surface area contributed by atoms with E-state index in [2.05, 4.69) is 15.0 Å². The van der Waals surface area contributed by atoms with Crippen LogP contribution in [0.25, 0.3) is 32.8 Å². The molecular formula is C23H20N4O3S. The summed E-state index contributed by atoms with van der Waals surface area (Å²) in [5.41, 5.74) is 5.66. The fourth-order valence-corrected chi connectivity index (χ4v) is 4.35. The molecule has 0 radical (unpaired) electrons. The van der Waals surface area contributed by atoms with Crippen molar-refractivity contribution >= 4 is 59.9 Å². The van der Waals surface area contributed by atoms with Gasteiger partial charge < -0.3 is 15.0 Å². The Morgan fingerprint density at radius 1 is 0.968 bits per heavy atom. The quantitative estimate of drug-likeness (QED) is 0.363. The number of H-pyrrole nitrogens is 1. The third-order valence-electron chi connectivity index (χ3n) is 5.10.